The van der Waals surface area contributed by atoms with Crippen molar-refractivity contribution >= 4 is 5.97 Å². The van der Waals surface area contributed by atoms with Gasteiger partial charge in [-0.25, -0.2) is 4.79 Å². The largest absolute Gasteiger partial charge is 0.496 e. The van der Waals surface area contributed by atoms with Crippen molar-refractivity contribution < 1.29 is 31.6 Å². The van der Waals surface area contributed by atoms with E-state index in [1.165, 1.54) is 0 Å². The van der Waals surface area contributed by atoms with E-state index >= 15 is 0 Å². The first-order valence-electron chi connectivity index (χ1n) is 6.43. The minimum Gasteiger partial charge on any atom is -0.496 e. The summed E-state index contributed by atoms with van der Waals surface area (Å²) >= 11 is 0. The first-order valence-corrected chi connectivity index (χ1v) is 4.93. The van der Waals surface area contributed by atoms with E-state index in [2.05, 4.69) is 19.7 Å². The monoisotopic (exact) mass is 280 g/mol. The lowest BCUT2D eigenvalue weighted by Gasteiger charge is -2.16. The first-order chi connectivity index (χ1) is 10.00. The van der Waals surface area contributed by atoms with Gasteiger partial charge in [0, 0.05) is 5.56 Å². The fourth-order valence-electron chi connectivity index (χ4n) is 1.54. The van der Waals surface area contributed by atoms with Gasteiger partial charge in [0.05, 0.1) is 18.3 Å². The van der Waals surface area contributed by atoms with Crippen LogP contribution in [0, 0.1) is 0 Å². The van der Waals surface area contributed by atoms with Crippen LogP contribution >= 0.6 is 0 Å². The molecule has 0 radical (unpaired) electrons. The highest BCUT2D eigenvalue weighted by atomic mass is 19.4. The third-order valence-corrected chi connectivity index (χ3v) is 2.59. The van der Waals surface area contributed by atoms with Crippen molar-refractivity contribution in [2.24, 2.45) is 10.2 Å². The summed E-state index contributed by atoms with van der Waals surface area (Å²) in [6, 6.07) is 2.71. The zero-order valence-electron chi connectivity index (χ0n) is 12.5. The normalized spacial score (nSPS) is 19.1. The summed E-state index contributed by atoms with van der Waals surface area (Å²) in [5.74, 6) is -1.51. The van der Waals surface area contributed by atoms with Crippen molar-refractivity contribution in [1.82, 2.24) is 0 Å². The van der Waals surface area contributed by atoms with Crippen LogP contribution in [0.25, 0.3) is 0 Å². The molecule has 0 unspecified atom stereocenters. The Bertz CT molecular complexity index is 638. The zero-order valence-corrected chi connectivity index (χ0v) is 9.49. The lowest BCUT2D eigenvalue weighted by Crippen LogP contribution is -2.30. The minimum atomic E-state index is -4.78. The molecular weight excluding hydrogens is 265 g/mol. The van der Waals surface area contributed by atoms with E-state index in [0.29, 0.717) is 0 Å². The molecule has 1 heterocycles. The van der Waals surface area contributed by atoms with Gasteiger partial charge in [0.15, 0.2) is 0 Å². The highest BCUT2D eigenvalue weighted by Gasteiger charge is 2.65. The molecule has 1 aromatic rings. The number of hydrogen-bond acceptors (Lipinski definition) is 5. The molecule has 0 aromatic heterocycles. The Balaban J connectivity index is 2.48. The fraction of sp³-hybridized carbons (Fsp3) is 0.364. The van der Waals surface area contributed by atoms with Crippen molar-refractivity contribution in [3.05, 3.63) is 29.3 Å². The smallest absolute Gasteiger partial charge is 0.442 e. The average molecular weight is 280 g/mol. The standard InChI is InChI=1S/C11H9F3N2O3/c1-18-8-5-6(3-4-7(8)9(17)19-2)10(15-16-10)11(12,13)14/h3-5H,1-2H3/i1T3. The van der Waals surface area contributed by atoms with E-state index in [0.717, 1.165) is 25.3 Å². The van der Waals surface area contributed by atoms with Crippen LogP contribution in [0.2, 0.25) is 0 Å². The third kappa shape index (κ3) is 2.02. The average Bonchev–Trinajstić information content (AvgIpc) is 3.16. The lowest BCUT2D eigenvalue weighted by molar-refractivity contribution is -0.166. The van der Waals surface area contributed by atoms with Crippen molar-refractivity contribution in [3.8, 4) is 5.75 Å². The zero-order chi connectivity index (χ0) is 16.8. The molecule has 0 amide bonds. The SMILES string of the molecule is [3H]C([3H])([3H])Oc1cc(C2(C(F)(F)F)N=N2)ccc1C(=O)OC. The van der Waals surface area contributed by atoms with Gasteiger partial charge in [0.25, 0.3) is 0 Å². The number of carbonyl (C=O) groups excluding carboxylic acids is 1. The quantitative estimate of drug-likeness (QED) is 0.800. The van der Waals surface area contributed by atoms with Gasteiger partial charge in [-0.05, 0) is 12.1 Å². The molecular formula is C11H9F3N2O3. The number of hydrogen-bond donors (Lipinski definition) is 0. The molecule has 0 saturated heterocycles. The summed E-state index contributed by atoms with van der Waals surface area (Å²) in [5.41, 5.74) is -3.51. The molecule has 0 spiro atoms. The molecule has 0 N–H and O–H groups in total. The van der Waals surface area contributed by atoms with E-state index in [4.69, 9.17) is 4.11 Å². The summed E-state index contributed by atoms with van der Waals surface area (Å²) in [6.07, 6.45) is -4.78. The van der Waals surface area contributed by atoms with Gasteiger partial charge in [-0.2, -0.15) is 13.2 Å². The second kappa shape index (κ2) is 4.22. The Labute approximate surface area is 110 Å². The van der Waals surface area contributed by atoms with Gasteiger partial charge in [0.2, 0.25) is 0 Å². The number of carbonyl (C=O) groups is 1. The van der Waals surface area contributed by atoms with Gasteiger partial charge in [0.1, 0.15) is 11.3 Å². The van der Waals surface area contributed by atoms with Crippen LogP contribution in [0.5, 0.6) is 5.75 Å². The van der Waals surface area contributed by atoms with E-state index in [1.54, 1.807) is 0 Å². The molecule has 102 valence electrons. The predicted molar refractivity (Wildman–Crippen MR) is 56.9 cm³/mol. The molecule has 19 heavy (non-hydrogen) atoms. The van der Waals surface area contributed by atoms with Crippen molar-refractivity contribution in [3.63, 3.8) is 0 Å². The second-order valence-electron chi connectivity index (χ2n) is 3.67. The maximum Gasteiger partial charge on any atom is 0.442 e. The molecule has 5 nitrogen and oxygen atoms in total. The van der Waals surface area contributed by atoms with Crippen LogP contribution in [0.1, 0.15) is 20.0 Å². The number of alkyl halides is 3. The Kier molecular flexibility index (Phi) is 2.17. The van der Waals surface area contributed by atoms with Crippen LogP contribution in [0.4, 0.5) is 13.2 Å². The van der Waals surface area contributed by atoms with E-state index in [9.17, 15) is 18.0 Å². The Morgan fingerprint density at radius 2 is 2.11 bits per heavy atom. The van der Waals surface area contributed by atoms with Gasteiger partial charge < -0.3 is 9.47 Å². The Hall–Kier alpha value is -2.12. The molecule has 1 aliphatic rings. The fourth-order valence-corrected chi connectivity index (χ4v) is 1.54. The molecule has 1 aromatic carbocycles. The molecule has 0 fully saturated rings. The lowest BCUT2D eigenvalue weighted by atomic mass is 10.0. The number of benzene rings is 1. The number of esters is 1. The Morgan fingerprint density at radius 3 is 2.58 bits per heavy atom. The molecule has 0 bridgehead atoms. The van der Waals surface area contributed by atoms with E-state index in [1.807, 2.05) is 0 Å². The van der Waals surface area contributed by atoms with Crippen LogP contribution in [0.15, 0.2) is 28.4 Å². The van der Waals surface area contributed by atoms with Gasteiger partial charge in [-0.15, -0.1) is 10.2 Å². The third-order valence-electron chi connectivity index (χ3n) is 2.59. The topological polar surface area (TPSA) is 60.2 Å². The van der Waals surface area contributed by atoms with E-state index in [-0.39, 0.29) is 5.56 Å². The van der Waals surface area contributed by atoms with Crippen LogP contribution in [-0.4, -0.2) is 26.3 Å². The van der Waals surface area contributed by atoms with Crippen LogP contribution in [-0.2, 0) is 10.4 Å². The highest BCUT2D eigenvalue weighted by molar-refractivity contribution is 5.92. The Morgan fingerprint density at radius 1 is 1.42 bits per heavy atom. The molecule has 1 aliphatic heterocycles. The summed E-state index contributed by atoms with van der Waals surface area (Å²) < 4.78 is 68.9. The van der Waals surface area contributed by atoms with Crippen LogP contribution in [0.3, 0.4) is 0 Å². The van der Waals surface area contributed by atoms with Crippen molar-refractivity contribution in [2.75, 3.05) is 14.1 Å². The van der Waals surface area contributed by atoms with Gasteiger partial charge >= 0.3 is 17.8 Å². The number of nitrogens with zero attached hydrogens (tertiary/aromatic N) is 2. The number of rotatable bonds is 3. The van der Waals surface area contributed by atoms with Crippen LogP contribution < -0.4 is 4.74 Å². The first kappa shape index (κ1) is 9.76. The summed E-state index contributed by atoms with van der Waals surface area (Å²) in [6.45, 7) is 0. The molecule has 0 aliphatic carbocycles. The van der Waals surface area contributed by atoms with Crippen molar-refractivity contribution in [2.45, 2.75) is 11.8 Å². The number of methoxy groups -OCH3 is 2. The number of halogens is 3. The van der Waals surface area contributed by atoms with E-state index < -0.39 is 36.2 Å². The summed E-state index contributed by atoms with van der Waals surface area (Å²) in [4.78, 5) is 11.5. The summed E-state index contributed by atoms with van der Waals surface area (Å²) in [5, 5.41) is 5.99. The van der Waals surface area contributed by atoms with Crippen molar-refractivity contribution in [1.29, 1.82) is 0 Å². The molecule has 2 rings (SSSR count). The number of ether oxygens (including phenoxy) is 2. The minimum absolute atomic E-state index is 0.319. The second-order valence-corrected chi connectivity index (χ2v) is 3.67. The molecule has 8 heteroatoms. The summed E-state index contributed by atoms with van der Waals surface area (Å²) in [7, 11) is -1.91. The molecule has 0 saturated carbocycles. The highest BCUT2D eigenvalue weighted by Crippen LogP contribution is 2.52. The molecule has 0 atom stereocenters. The van der Waals surface area contributed by atoms with Gasteiger partial charge in [-0.3, -0.25) is 0 Å². The predicted octanol–water partition coefficient (Wildman–Crippen LogP) is 2.66. The maximum atomic E-state index is 12.9. The van der Waals surface area contributed by atoms with Gasteiger partial charge in [-0.1, -0.05) is 6.07 Å². The maximum absolute atomic E-state index is 12.9.